The van der Waals surface area contributed by atoms with Gasteiger partial charge in [0.25, 0.3) is 11.6 Å². The molecule has 0 unspecified atom stereocenters. The summed E-state index contributed by atoms with van der Waals surface area (Å²) in [7, 11) is 0. The summed E-state index contributed by atoms with van der Waals surface area (Å²) in [5, 5.41) is 12.2. The SMILES string of the molecule is Cc1sc2nc(Cc3ccccc3)nc(N3CCN(C(=O)c4cccc([N+](=O)[O-])c4)CC3)c2c1C. The Labute approximate surface area is 207 Å². The molecular formula is C26H25N5O3S. The third kappa shape index (κ3) is 4.59. The number of hydrogen-bond donors (Lipinski definition) is 0. The summed E-state index contributed by atoms with van der Waals surface area (Å²) in [6, 6.07) is 16.1. The minimum Gasteiger partial charge on any atom is -0.352 e. The van der Waals surface area contributed by atoms with E-state index >= 15 is 0 Å². The van der Waals surface area contributed by atoms with Crippen LogP contribution in [0.1, 0.15) is 32.2 Å². The van der Waals surface area contributed by atoms with Crippen LogP contribution in [0.15, 0.2) is 54.6 Å². The summed E-state index contributed by atoms with van der Waals surface area (Å²) in [5.74, 6) is 1.52. The molecule has 0 N–H and O–H groups in total. The van der Waals surface area contributed by atoms with Gasteiger partial charge in [0.15, 0.2) is 0 Å². The molecule has 9 heteroatoms. The smallest absolute Gasteiger partial charge is 0.270 e. The Morgan fingerprint density at radius 3 is 2.49 bits per heavy atom. The molecule has 0 atom stereocenters. The van der Waals surface area contributed by atoms with Crippen LogP contribution in [-0.2, 0) is 6.42 Å². The second-order valence-electron chi connectivity index (χ2n) is 8.68. The van der Waals surface area contributed by atoms with Crippen molar-refractivity contribution in [1.82, 2.24) is 14.9 Å². The third-order valence-corrected chi connectivity index (χ3v) is 7.53. The van der Waals surface area contributed by atoms with Gasteiger partial charge >= 0.3 is 0 Å². The Morgan fingerprint density at radius 2 is 1.77 bits per heavy atom. The topological polar surface area (TPSA) is 92.5 Å². The van der Waals surface area contributed by atoms with Crippen molar-refractivity contribution in [1.29, 1.82) is 0 Å². The Kier molecular flexibility index (Phi) is 6.17. The van der Waals surface area contributed by atoms with Gasteiger partial charge in [-0.1, -0.05) is 36.4 Å². The summed E-state index contributed by atoms with van der Waals surface area (Å²) in [6.07, 6.45) is 0.658. The first-order chi connectivity index (χ1) is 16.9. The first kappa shape index (κ1) is 22.9. The number of anilines is 1. The van der Waals surface area contributed by atoms with Crippen molar-refractivity contribution in [2.45, 2.75) is 20.3 Å². The van der Waals surface area contributed by atoms with E-state index in [4.69, 9.17) is 9.97 Å². The summed E-state index contributed by atoms with van der Waals surface area (Å²) in [6.45, 7) is 6.52. The zero-order valence-electron chi connectivity index (χ0n) is 19.6. The van der Waals surface area contributed by atoms with Gasteiger partial charge in [0.2, 0.25) is 0 Å². The fraction of sp³-hybridized carbons (Fsp3) is 0.269. The molecule has 0 bridgehead atoms. The molecule has 8 nitrogen and oxygen atoms in total. The van der Waals surface area contributed by atoms with Crippen LogP contribution < -0.4 is 4.90 Å². The summed E-state index contributed by atoms with van der Waals surface area (Å²) in [4.78, 5) is 39.7. The van der Waals surface area contributed by atoms with Crippen LogP contribution in [0.25, 0.3) is 10.2 Å². The minimum absolute atomic E-state index is 0.0767. The van der Waals surface area contributed by atoms with Crippen molar-refractivity contribution in [2.24, 2.45) is 0 Å². The number of fused-ring (bicyclic) bond motifs is 1. The second kappa shape index (κ2) is 9.42. The number of nitrogens with zero attached hydrogens (tertiary/aromatic N) is 5. The number of benzene rings is 2. The maximum Gasteiger partial charge on any atom is 0.270 e. The fourth-order valence-corrected chi connectivity index (χ4v) is 5.46. The number of aromatic nitrogens is 2. The highest BCUT2D eigenvalue weighted by atomic mass is 32.1. The molecule has 1 aliphatic rings. The molecule has 2 aromatic heterocycles. The molecule has 1 amide bonds. The highest BCUT2D eigenvalue weighted by molar-refractivity contribution is 7.18. The Bertz CT molecular complexity index is 1410. The number of aryl methyl sites for hydroxylation is 2. The van der Waals surface area contributed by atoms with Crippen LogP contribution in [0.5, 0.6) is 0 Å². The summed E-state index contributed by atoms with van der Waals surface area (Å²) < 4.78 is 0. The van der Waals surface area contributed by atoms with Gasteiger partial charge in [-0.2, -0.15) is 0 Å². The Morgan fingerprint density at radius 1 is 1.03 bits per heavy atom. The number of nitro benzene ring substituents is 1. The zero-order chi connectivity index (χ0) is 24.5. The van der Waals surface area contributed by atoms with Crippen LogP contribution in [-0.4, -0.2) is 51.9 Å². The maximum atomic E-state index is 13.0. The molecule has 0 spiro atoms. The number of non-ortho nitro benzene ring substituents is 1. The Hall–Kier alpha value is -3.85. The molecule has 1 fully saturated rings. The highest BCUT2D eigenvalue weighted by Crippen LogP contribution is 2.35. The van der Waals surface area contributed by atoms with E-state index in [9.17, 15) is 14.9 Å². The molecule has 0 saturated carbocycles. The number of carbonyl (C=O) groups excluding carboxylic acids is 1. The molecule has 35 heavy (non-hydrogen) atoms. The quantitative estimate of drug-likeness (QED) is 0.297. The van der Waals surface area contributed by atoms with E-state index in [1.54, 1.807) is 28.4 Å². The van der Waals surface area contributed by atoms with Crippen molar-refractivity contribution in [2.75, 3.05) is 31.1 Å². The van der Waals surface area contributed by atoms with E-state index in [-0.39, 0.29) is 11.6 Å². The number of thiophene rings is 1. The van der Waals surface area contributed by atoms with E-state index in [2.05, 4.69) is 30.9 Å². The van der Waals surface area contributed by atoms with Gasteiger partial charge in [-0.05, 0) is 31.0 Å². The summed E-state index contributed by atoms with van der Waals surface area (Å²) >= 11 is 1.69. The van der Waals surface area contributed by atoms with Crippen molar-refractivity contribution in [3.8, 4) is 0 Å². The number of carbonyl (C=O) groups is 1. The molecular weight excluding hydrogens is 462 g/mol. The van der Waals surface area contributed by atoms with Crippen molar-refractivity contribution >= 4 is 39.0 Å². The molecule has 1 saturated heterocycles. The maximum absolute atomic E-state index is 13.0. The number of rotatable bonds is 5. The lowest BCUT2D eigenvalue weighted by Gasteiger charge is -2.36. The van der Waals surface area contributed by atoms with E-state index in [1.165, 1.54) is 22.6 Å². The van der Waals surface area contributed by atoms with E-state index in [1.807, 2.05) is 18.2 Å². The van der Waals surface area contributed by atoms with Crippen molar-refractivity contribution in [3.05, 3.63) is 92.1 Å². The normalized spacial score (nSPS) is 13.9. The first-order valence-electron chi connectivity index (χ1n) is 11.5. The zero-order valence-corrected chi connectivity index (χ0v) is 20.4. The van der Waals surface area contributed by atoms with Gasteiger partial charge in [-0.3, -0.25) is 14.9 Å². The molecule has 0 radical (unpaired) electrons. The molecule has 1 aliphatic heterocycles. The predicted octanol–water partition coefficient (Wildman–Crippen LogP) is 4.77. The van der Waals surface area contributed by atoms with Crippen LogP contribution in [0.2, 0.25) is 0 Å². The van der Waals surface area contributed by atoms with Crippen LogP contribution in [0, 0.1) is 24.0 Å². The molecule has 5 rings (SSSR count). The highest BCUT2D eigenvalue weighted by Gasteiger charge is 2.26. The van der Waals surface area contributed by atoms with Gasteiger partial charge in [-0.25, -0.2) is 9.97 Å². The monoisotopic (exact) mass is 487 g/mol. The van der Waals surface area contributed by atoms with Crippen LogP contribution in [0.4, 0.5) is 11.5 Å². The standard InChI is InChI=1S/C26H25N5O3S/c1-17-18(2)35-25-23(17)24(27-22(28-25)15-19-7-4-3-5-8-19)29-11-13-30(14-12-29)26(32)20-9-6-10-21(16-20)31(33)34/h3-10,16H,11-15H2,1-2H3. The fourth-order valence-electron chi connectivity index (χ4n) is 4.41. The number of piperazine rings is 1. The van der Waals surface area contributed by atoms with Crippen molar-refractivity contribution in [3.63, 3.8) is 0 Å². The molecule has 3 heterocycles. The number of nitro groups is 1. The van der Waals surface area contributed by atoms with Gasteiger partial charge in [0.05, 0.1) is 10.3 Å². The first-order valence-corrected chi connectivity index (χ1v) is 12.3. The predicted molar refractivity (Wildman–Crippen MR) is 137 cm³/mol. The van der Waals surface area contributed by atoms with E-state index < -0.39 is 4.92 Å². The molecule has 4 aromatic rings. The second-order valence-corrected chi connectivity index (χ2v) is 9.88. The molecule has 2 aromatic carbocycles. The van der Waals surface area contributed by atoms with Gasteiger partial charge in [-0.15, -0.1) is 11.3 Å². The average molecular weight is 488 g/mol. The minimum atomic E-state index is -0.479. The van der Waals surface area contributed by atoms with Crippen LogP contribution >= 0.6 is 11.3 Å². The number of amides is 1. The van der Waals surface area contributed by atoms with E-state index in [0.29, 0.717) is 38.2 Å². The van der Waals surface area contributed by atoms with Gasteiger partial charge < -0.3 is 9.80 Å². The lowest BCUT2D eigenvalue weighted by molar-refractivity contribution is -0.384. The molecule has 178 valence electrons. The van der Waals surface area contributed by atoms with Crippen LogP contribution in [0.3, 0.4) is 0 Å². The van der Waals surface area contributed by atoms with Crippen molar-refractivity contribution < 1.29 is 9.72 Å². The average Bonchev–Trinajstić information content (AvgIpc) is 3.17. The lowest BCUT2D eigenvalue weighted by Crippen LogP contribution is -2.49. The Balaban J connectivity index is 1.39. The van der Waals surface area contributed by atoms with E-state index in [0.717, 1.165) is 27.4 Å². The summed E-state index contributed by atoms with van der Waals surface area (Å²) in [5.41, 5.74) is 2.62. The largest absolute Gasteiger partial charge is 0.352 e. The lowest BCUT2D eigenvalue weighted by atomic mass is 10.1. The van der Waals surface area contributed by atoms with Gasteiger partial charge in [0, 0.05) is 55.2 Å². The van der Waals surface area contributed by atoms with Gasteiger partial charge in [0.1, 0.15) is 16.5 Å². The number of hydrogen-bond acceptors (Lipinski definition) is 7. The molecule has 0 aliphatic carbocycles. The third-order valence-electron chi connectivity index (χ3n) is 6.43.